The maximum absolute atomic E-state index is 9.31. The molecule has 10 heteroatoms. The summed E-state index contributed by atoms with van der Waals surface area (Å²) in [6, 6.07) is 3.10. The number of aromatic hydroxyl groups is 2. The summed E-state index contributed by atoms with van der Waals surface area (Å²) < 4.78 is 0. The van der Waals surface area contributed by atoms with Gasteiger partial charge in [-0.3, -0.25) is 9.59 Å². The average molecular weight is 349 g/mol. The van der Waals surface area contributed by atoms with Gasteiger partial charge in [-0.1, -0.05) is 23.2 Å². The van der Waals surface area contributed by atoms with Gasteiger partial charge in [-0.05, 0) is 0 Å². The molecule has 22 heavy (non-hydrogen) atoms. The average Bonchev–Trinajstić information content (AvgIpc) is 2.39. The molecule has 0 unspecified atom stereocenters. The molecular formula is C12H10Cl2N2O6. The van der Waals surface area contributed by atoms with Gasteiger partial charge in [-0.2, -0.15) is 10.5 Å². The van der Waals surface area contributed by atoms with Crippen LogP contribution in [0.4, 0.5) is 0 Å². The van der Waals surface area contributed by atoms with Crippen molar-refractivity contribution in [3.63, 3.8) is 0 Å². The molecule has 1 aromatic rings. The number of nitriles is 2. The van der Waals surface area contributed by atoms with Gasteiger partial charge >= 0.3 is 0 Å². The van der Waals surface area contributed by atoms with Crippen molar-refractivity contribution in [2.45, 2.75) is 13.8 Å². The Morgan fingerprint density at radius 3 is 1.18 bits per heavy atom. The number of carboxylic acid groups (broad SMARTS) is 2. The van der Waals surface area contributed by atoms with Crippen molar-refractivity contribution < 1.29 is 30.0 Å². The lowest BCUT2D eigenvalue weighted by molar-refractivity contribution is -0.135. The number of halogens is 2. The minimum atomic E-state index is -0.833. The summed E-state index contributed by atoms with van der Waals surface area (Å²) in [5.74, 6) is -2.87. The van der Waals surface area contributed by atoms with E-state index in [1.54, 1.807) is 12.1 Å². The van der Waals surface area contributed by atoms with Crippen LogP contribution in [0.15, 0.2) is 0 Å². The number of carbonyl (C=O) groups is 2. The van der Waals surface area contributed by atoms with E-state index in [1.165, 1.54) is 0 Å². The highest BCUT2D eigenvalue weighted by atomic mass is 35.5. The van der Waals surface area contributed by atoms with Gasteiger partial charge in [-0.25, -0.2) is 0 Å². The van der Waals surface area contributed by atoms with Crippen LogP contribution in [-0.2, 0) is 9.59 Å². The molecule has 118 valence electrons. The number of carboxylic acids is 2. The molecule has 0 spiro atoms. The zero-order valence-corrected chi connectivity index (χ0v) is 12.8. The summed E-state index contributed by atoms with van der Waals surface area (Å²) in [7, 11) is 0. The van der Waals surface area contributed by atoms with Gasteiger partial charge in [0.15, 0.2) is 11.5 Å². The topological polar surface area (TPSA) is 163 Å². The molecule has 0 aliphatic carbocycles. The van der Waals surface area contributed by atoms with Gasteiger partial charge in [0.05, 0.1) is 0 Å². The molecule has 0 aliphatic rings. The van der Waals surface area contributed by atoms with Crippen LogP contribution in [0.2, 0.25) is 10.0 Å². The zero-order valence-electron chi connectivity index (χ0n) is 11.3. The molecule has 0 heterocycles. The normalized spacial score (nSPS) is 8.09. The highest BCUT2D eigenvalue weighted by molar-refractivity contribution is 6.44. The molecular weight excluding hydrogens is 339 g/mol. The van der Waals surface area contributed by atoms with Crippen molar-refractivity contribution in [1.82, 2.24) is 0 Å². The van der Waals surface area contributed by atoms with Crippen LogP contribution in [0.5, 0.6) is 11.5 Å². The van der Waals surface area contributed by atoms with Crippen molar-refractivity contribution in [2.75, 3.05) is 0 Å². The lowest BCUT2D eigenvalue weighted by Crippen LogP contribution is -1.88. The van der Waals surface area contributed by atoms with Gasteiger partial charge < -0.3 is 20.4 Å². The summed E-state index contributed by atoms with van der Waals surface area (Å²) in [4.78, 5) is 18.0. The summed E-state index contributed by atoms with van der Waals surface area (Å²) in [6.45, 7) is 2.17. The van der Waals surface area contributed by atoms with Crippen LogP contribution >= 0.6 is 23.2 Å². The number of hydrogen-bond donors (Lipinski definition) is 4. The Morgan fingerprint density at radius 2 is 1.05 bits per heavy atom. The van der Waals surface area contributed by atoms with E-state index in [4.69, 9.17) is 53.5 Å². The van der Waals surface area contributed by atoms with Crippen LogP contribution in [0.1, 0.15) is 25.0 Å². The smallest absolute Gasteiger partial charge is 0.300 e. The molecule has 1 aromatic carbocycles. The van der Waals surface area contributed by atoms with Crippen molar-refractivity contribution in [1.29, 1.82) is 10.5 Å². The zero-order chi connectivity index (χ0) is 18.0. The molecule has 0 amide bonds. The minimum Gasteiger partial charge on any atom is -0.505 e. The first-order valence-electron chi connectivity index (χ1n) is 5.13. The third-order valence-electron chi connectivity index (χ3n) is 1.56. The predicted molar refractivity (Wildman–Crippen MR) is 75.8 cm³/mol. The van der Waals surface area contributed by atoms with Gasteiger partial charge in [0.2, 0.25) is 0 Å². The monoisotopic (exact) mass is 348 g/mol. The van der Waals surface area contributed by atoms with E-state index in [1.807, 2.05) is 0 Å². The van der Waals surface area contributed by atoms with Gasteiger partial charge in [0.1, 0.15) is 33.3 Å². The Labute approximate surface area is 135 Å². The fourth-order valence-corrected chi connectivity index (χ4v) is 1.25. The molecule has 8 nitrogen and oxygen atoms in total. The van der Waals surface area contributed by atoms with E-state index in [0.29, 0.717) is 0 Å². The fraction of sp³-hybridized carbons (Fsp3) is 0.167. The van der Waals surface area contributed by atoms with E-state index in [2.05, 4.69) is 0 Å². The first-order valence-corrected chi connectivity index (χ1v) is 5.88. The Balaban J connectivity index is 0. The van der Waals surface area contributed by atoms with Gasteiger partial charge in [-0.15, -0.1) is 0 Å². The second kappa shape index (κ2) is 10.1. The third kappa shape index (κ3) is 7.20. The largest absolute Gasteiger partial charge is 0.505 e. The second-order valence-electron chi connectivity index (χ2n) is 3.34. The maximum atomic E-state index is 9.31. The Kier molecular flexibility index (Phi) is 9.93. The highest BCUT2D eigenvalue weighted by Gasteiger charge is 2.21. The first-order chi connectivity index (χ1) is 10.0. The first kappa shape index (κ1) is 21.6. The van der Waals surface area contributed by atoms with Crippen molar-refractivity contribution in [3.8, 4) is 23.6 Å². The maximum Gasteiger partial charge on any atom is 0.300 e. The van der Waals surface area contributed by atoms with Crippen LogP contribution in [0.3, 0.4) is 0 Å². The van der Waals surface area contributed by atoms with E-state index >= 15 is 0 Å². The minimum absolute atomic E-state index is 0.347. The number of nitrogens with zero attached hydrogens (tertiary/aromatic N) is 2. The van der Waals surface area contributed by atoms with E-state index in [9.17, 15) is 10.2 Å². The summed E-state index contributed by atoms with van der Waals surface area (Å²) in [6.07, 6.45) is 0. The number of benzene rings is 1. The molecule has 0 aromatic heterocycles. The summed E-state index contributed by atoms with van der Waals surface area (Å²) >= 11 is 11.0. The van der Waals surface area contributed by atoms with Crippen molar-refractivity contribution in [3.05, 3.63) is 21.2 Å². The van der Waals surface area contributed by atoms with E-state index < -0.39 is 23.4 Å². The van der Waals surface area contributed by atoms with Crippen LogP contribution in [0, 0.1) is 22.7 Å². The molecule has 0 saturated heterocycles. The van der Waals surface area contributed by atoms with Crippen LogP contribution in [0.25, 0.3) is 0 Å². The second-order valence-corrected chi connectivity index (χ2v) is 4.09. The lowest BCUT2D eigenvalue weighted by Gasteiger charge is -2.06. The highest BCUT2D eigenvalue weighted by Crippen LogP contribution is 2.43. The Bertz CT molecular complexity index is 596. The molecule has 0 atom stereocenters. The van der Waals surface area contributed by atoms with Gasteiger partial charge in [0.25, 0.3) is 11.9 Å². The number of phenols is 2. The molecule has 1 rings (SSSR count). The lowest BCUT2D eigenvalue weighted by atomic mass is 10.1. The fourth-order valence-electron chi connectivity index (χ4n) is 0.882. The van der Waals surface area contributed by atoms with Crippen LogP contribution < -0.4 is 0 Å². The quantitative estimate of drug-likeness (QED) is 0.518. The van der Waals surface area contributed by atoms with E-state index in [-0.39, 0.29) is 21.2 Å². The van der Waals surface area contributed by atoms with Crippen molar-refractivity contribution >= 4 is 35.1 Å². The Morgan fingerprint density at radius 1 is 0.864 bits per heavy atom. The molecule has 4 N–H and O–H groups in total. The predicted octanol–water partition coefficient (Wildman–Crippen LogP) is 2.33. The standard InChI is InChI=1S/C8H2Cl2N2O2.2C2H4O2/c9-5-6(10)8(14)4(2-12)3(1-11)7(5)13;2*1-2(3)4/h13-14H;2*1H3,(H,3,4). The Hall–Kier alpha value is -2.68. The number of rotatable bonds is 0. The molecule has 0 radical (unpaired) electrons. The van der Waals surface area contributed by atoms with Gasteiger partial charge in [0, 0.05) is 13.8 Å². The number of phenolic OH excluding ortho intramolecular Hbond substituents is 2. The molecule has 0 fully saturated rings. The molecule has 0 bridgehead atoms. The number of hydrogen-bond acceptors (Lipinski definition) is 6. The van der Waals surface area contributed by atoms with Crippen molar-refractivity contribution in [2.24, 2.45) is 0 Å². The SMILES string of the molecule is CC(=O)O.CC(=O)O.N#Cc1c(O)c(Cl)c(Cl)c(O)c1C#N. The summed E-state index contributed by atoms with van der Waals surface area (Å²) in [5, 5.41) is 50.0. The summed E-state index contributed by atoms with van der Waals surface area (Å²) in [5.41, 5.74) is -0.779. The van der Waals surface area contributed by atoms with Crippen LogP contribution in [-0.4, -0.2) is 32.4 Å². The molecule has 0 saturated carbocycles. The third-order valence-corrected chi connectivity index (χ3v) is 2.39. The number of aliphatic carboxylic acids is 2. The van der Waals surface area contributed by atoms with E-state index in [0.717, 1.165) is 13.8 Å². The molecule has 0 aliphatic heterocycles.